The number of piperidine rings is 1. The van der Waals surface area contributed by atoms with E-state index >= 15 is 0 Å². The quantitative estimate of drug-likeness (QED) is 0.924. The Kier molecular flexibility index (Phi) is 5.08. The molecule has 2 heterocycles. The summed E-state index contributed by atoms with van der Waals surface area (Å²) in [4.78, 5) is 21.0. The number of anilines is 1. The Bertz CT molecular complexity index is 741. The largest absolute Gasteiger partial charge is 0.385 e. The van der Waals surface area contributed by atoms with Crippen molar-refractivity contribution in [1.29, 1.82) is 0 Å². The van der Waals surface area contributed by atoms with Gasteiger partial charge in [0.05, 0.1) is 0 Å². The van der Waals surface area contributed by atoms with E-state index in [4.69, 9.17) is 0 Å². The number of amides is 1. The van der Waals surface area contributed by atoms with Crippen LogP contribution in [0.5, 0.6) is 0 Å². The molecule has 0 saturated carbocycles. The maximum Gasteiger partial charge on any atom is 0.253 e. The number of aliphatic hydroxyl groups is 1. The van der Waals surface area contributed by atoms with Crippen LogP contribution in [0.4, 0.5) is 5.69 Å². The van der Waals surface area contributed by atoms with Crippen LogP contribution in [0.2, 0.25) is 0 Å². The number of benzene rings is 1. The van der Waals surface area contributed by atoms with Crippen LogP contribution in [0.15, 0.2) is 36.7 Å². The van der Waals surface area contributed by atoms with E-state index in [2.05, 4.69) is 4.98 Å². The molecule has 0 aliphatic carbocycles. The molecule has 134 valence electrons. The van der Waals surface area contributed by atoms with Gasteiger partial charge in [0.25, 0.3) is 5.91 Å². The molecule has 2 unspecified atom stereocenters. The van der Waals surface area contributed by atoms with Crippen molar-refractivity contribution < 1.29 is 9.90 Å². The second-order valence-corrected chi connectivity index (χ2v) is 6.94. The Morgan fingerprint density at radius 2 is 2.20 bits per heavy atom. The Morgan fingerprint density at radius 1 is 1.40 bits per heavy atom. The van der Waals surface area contributed by atoms with Gasteiger partial charge in [0.1, 0.15) is 11.9 Å². The predicted octanol–water partition coefficient (Wildman–Crippen LogP) is 2.07. The van der Waals surface area contributed by atoms with Gasteiger partial charge in [-0.25, -0.2) is 4.98 Å². The topological polar surface area (TPSA) is 61.6 Å². The van der Waals surface area contributed by atoms with E-state index in [0.29, 0.717) is 17.9 Å². The van der Waals surface area contributed by atoms with E-state index in [0.717, 1.165) is 25.1 Å². The van der Waals surface area contributed by atoms with Crippen molar-refractivity contribution in [3.05, 3.63) is 48.0 Å². The molecule has 6 nitrogen and oxygen atoms in total. The van der Waals surface area contributed by atoms with Gasteiger partial charge < -0.3 is 19.5 Å². The molecule has 1 amide bonds. The van der Waals surface area contributed by atoms with Crippen molar-refractivity contribution in [3.8, 4) is 0 Å². The summed E-state index contributed by atoms with van der Waals surface area (Å²) in [5.41, 5.74) is 1.70. The summed E-state index contributed by atoms with van der Waals surface area (Å²) in [5, 5.41) is 10.7. The number of carbonyl (C=O) groups is 1. The number of hydrogen-bond acceptors (Lipinski definition) is 4. The first kappa shape index (κ1) is 17.5. The van der Waals surface area contributed by atoms with Crippen LogP contribution in [0.25, 0.3) is 0 Å². The molecule has 2 atom stereocenters. The Labute approximate surface area is 148 Å². The zero-order valence-electron chi connectivity index (χ0n) is 15.1. The molecule has 1 N–H and O–H groups in total. The number of aryl methyl sites for hydroxylation is 1. The summed E-state index contributed by atoms with van der Waals surface area (Å²) < 4.78 is 1.84. The Hall–Kier alpha value is -2.34. The van der Waals surface area contributed by atoms with Crippen LogP contribution in [-0.4, -0.2) is 52.6 Å². The van der Waals surface area contributed by atoms with E-state index in [1.165, 1.54) is 0 Å². The molecular weight excluding hydrogens is 316 g/mol. The highest BCUT2D eigenvalue weighted by Crippen LogP contribution is 2.29. The van der Waals surface area contributed by atoms with Crippen molar-refractivity contribution in [2.24, 2.45) is 13.0 Å². The van der Waals surface area contributed by atoms with Crippen molar-refractivity contribution in [2.45, 2.75) is 18.9 Å². The number of imidazole rings is 1. The molecule has 3 rings (SSSR count). The molecule has 0 bridgehead atoms. The second-order valence-electron chi connectivity index (χ2n) is 6.94. The molecule has 0 radical (unpaired) electrons. The van der Waals surface area contributed by atoms with E-state index in [1.807, 2.05) is 66.0 Å². The average Bonchev–Trinajstić information content (AvgIpc) is 3.06. The monoisotopic (exact) mass is 342 g/mol. The maximum absolute atomic E-state index is 12.9. The van der Waals surface area contributed by atoms with Crippen molar-refractivity contribution >= 4 is 11.6 Å². The van der Waals surface area contributed by atoms with Crippen LogP contribution in [0, 0.1) is 5.92 Å². The summed E-state index contributed by atoms with van der Waals surface area (Å²) >= 11 is 0. The number of aliphatic hydroxyl groups excluding tert-OH is 1. The van der Waals surface area contributed by atoms with Gasteiger partial charge in [-0.15, -0.1) is 0 Å². The fraction of sp³-hybridized carbons (Fsp3) is 0.474. The minimum atomic E-state index is -0.649. The lowest BCUT2D eigenvalue weighted by atomic mass is 9.91. The molecule has 1 aromatic heterocycles. The van der Waals surface area contributed by atoms with Gasteiger partial charge in [-0.3, -0.25) is 4.79 Å². The number of rotatable bonds is 4. The van der Waals surface area contributed by atoms with Crippen molar-refractivity contribution in [1.82, 2.24) is 14.5 Å². The van der Waals surface area contributed by atoms with Gasteiger partial charge in [0, 0.05) is 63.8 Å². The minimum Gasteiger partial charge on any atom is -0.385 e. The molecule has 1 aliphatic heterocycles. The van der Waals surface area contributed by atoms with Gasteiger partial charge in [-0.1, -0.05) is 6.07 Å². The summed E-state index contributed by atoms with van der Waals surface area (Å²) in [6.45, 7) is 1.29. The molecule has 1 fully saturated rings. The van der Waals surface area contributed by atoms with Crippen LogP contribution in [0.1, 0.15) is 35.1 Å². The first-order valence-corrected chi connectivity index (χ1v) is 8.69. The zero-order valence-corrected chi connectivity index (χ0v) is 15.1. The van der Waals surface area contributed by atoms with Crippen LogP contribution in [-0.2, 0) is 7.05 Å². The van der Waals surface area contributed by atoms with Gasteiger partial charge in [0.2, 0.25) is 0 Å². The van der Waals surface area contributed by atoms with Gasteiger partial charge in [0.15, 0.2) is 0 Å². The Morgan fingerprint density at radius 3 is 2.88 bits per heavy atom. The van der Waals surface area contributed by atoms with Crippen LogP contribution >= 0.6 is 0 Å². The molecular formula is C19H26N4O2. The van der Waals surface area contributed by atoms with Crippen molar-refractivity contribution in [3.63, 3.8) is 0 Å². The highest BCUT2D eigenvalue weighted by Gasteiger charge is 2.31. The molecule has 1 aliphatic rings. The summed E-state index contributed by atoms with van der Waals surface area (Å²) in [6.07, 6.45) is 4.67. The lowest BCUT2D eigenvalue weighted by Gasteiger charge is -2.35. The highest BCUT2D eigenvalue weighted by atomic mass is 16.3. The second kappa shape index (κ2) is 7.27. The standard InChI is InChI=1S/C19H26N4O2/c1-21(2)16-8-4-6-14(12-16)19(25)23-10-5-7-15(13-23)17(24)18-20-9-11-22(18)3/h4,6,8-9,11-12,15,17,24H,5,7,10,13H2,1-3H3. The third-order valence-corrected chi connectivity index (χ3v) is 4.92. The highest BCUT2D eigenvalue weighted by molar-refractivity contribution is 5.95. The van der Waals surface area contributed by atoms with Crippen LogP contribution < -0.4 is 4.90 Å². The molecule has 6 heteroatoms. The van der Waals surface area contributed by atoms with Crippen molar-refractivity contribution in [2.75, 3.05) is 32.1 Å². The van der Waals surface area contributed by atoms with Gasteiger partial charge in [-0.2, -0.15) is 0 Å². The fourth-order valence-electron chi connectivity index (χ4n) is 3.42. The summed E-state index contributed by atoms with van der Waals surface area (Å²) in [5.74, 6) is 0.699. The molecule has 0 spiro atoms. The lowest BCUT2D eigenvalue weighted by Crippen LogP contribution is -2.42. The summed E-state index contributed by atoms with van der Waals surface area (Å²) in [6, 6.07) is 7.67. The third kappa shape index (κ3) is 3.69. The predicted molar refractivity (Wildman–Crippen MR) is 97.6 cm³/mol. The lowest BCUT2D eigenvalue weighted by molar-refractivity contribution is 0.0358. The molecule has 25 heavy (non-hydrogen) atoms. The number of nitrogens with zero attached hydrogens (tertiary/aromatic N) is 4. The Balaban J connectivity index is 1.74. The van der Waals surface area contributed by atoms with E-state index < -0.39 is 6.10 Å². The van der Waals surface area contributed by atoms with Gasteiger partial charge in [-0.05, 0) is 31.0 Å². The van der Waals surface area contributed by atoms with E-state index in [-0.39, 0.29) is 11.8 Å². The smallest absolute Gasteiger partial charge is 0.253 e. The van der Waals surface area contributed by atoms with E-state index in [9.17, 15) is 9.90 Å². The number of aromatic nitrogens is 2. The molecule has 1 aromatic carbocycles. The number of hydrogen-bond donors (Lipinski definition) is 1. The third-order valence-electron chi connectivity index (χ3n) is 4.92. The maximum atomic E-state index is 12.9. The van der Waals surface area contributed by atoms with Crippen LogP contribution in [0.3, 0.4) is 0 Å². The normalized spacial score (nSPS) is 18.9. The molecule has 1 saturated heterocycles. The average molecular weight is 342 g/mol. The number of likely N-dealkylation sites (tertiary alicyclic amines) is 1. The molecule has 2 aromatic rings. The zero-order chi connectivity index (χ0) is 18.0. The first-order chi connectivity index (χ1) is 12.0. The number of carbonyl (C=O) groups excluding carboxylic acids is 1. The SMILES string of the molecule is CN(C)c1cccc(C(=O)N2CCCC(C(O)c3nccn3C)C2)c1. The minimum absolute atomic E-state index is 0.0100. The summed E-state index contributed by atoms with van der Waals surface area (Å²) in [7, 11) is 5.80. The van der Waals surface area contributed by atoms with E-state index in [1.54, 1.807) is 6.20 Å². The first-order valence-electron chi connectivity index (χ1n) is 8.69. The fourth-order valence-corrected chi connectivity index (χ4v) is 3.42. The van der Waals surface area contributed by atoms with Gasteiger partial charge >= 0.3 is 0 Å².